The summed E-state index contributed by atoms with van der Waals surface area (Å²) in [7, 11) is 4.45. The molecule has 3 aliphatic heterocycles. The maximum atomic E-state index is 14.6. The summed E-state index contributed by atoms with van der Waals surface area (Å²) in [5.41, 5.74) is 1.21. The molecule has 2 bridgehead atoms. The van der Waals surface area contributed by atoms with E-state index >= 15 is 0 Å². The number of carbonyl (C=O) groups excluding carboxylic acids is 6. The zero-order valence-corrected chi connectivity index (χ0v) is 45.7. The number of fused-ring (bicyclic) bond motifs is 3. The minimum Gasteiger partial charge on any atom is -0.460 e. The van der Waals surface area contributed by atoms with Crippen molar-refractivity contribution in [3.05, 3.63) is 47.6 Å². The zero-order valence-electron chi connectivity index (χ0n) is 45.7. The highest BCUT2D eigenvalue weighted by atomic mass is 16.6. The number of Topliss-reactive ketones (excluding diaryl/α,β-unsaturated/α-hetero) is 3. The van der Waals surface area contributed by atoms with Crippen molar-refractivity contribution < 1.29 is 77.6 Å². The van der Waals surface area contributed by atoms with Crippen LogP contribution in [0.15, 0.2) is 47.6 Å². The smallest absolute Gasteiger partial charge is 0.410 e. The summed E-state index contributed by atoms with van der Waals surface area (Å²) in [6.07, 6.45) is 9.26. The number of esters is 1. The van der Waals surface area contributed by atoms with Crippen molar-refractivity contribution in [1.29, 1.82) is 0 Å². The van der Waals surface area contributed by atoms with Crippen LogP contribution in [0.4, 0.5) is 4.79 Å². The number of methoxy groups -OCH3 is 3. The molecule has 3 fully saturated rings. The molecule has 2 amide bonds. The van der Waals surface area contributed by atoms with Gasteiger partial charge in [-0.3, -0.25) is 19.2 Å². The SMILES string of the molecule is CO[C@H]1C[C@@H]2CC[C@@H](C)[C@@](O)(O2)C(=O)C(=O)N2CCCC[C@H]2C(=O)O[C@H](C(C)C[C@@H]2CC[C@@H](OC(=O)N(CCO)CCO)[C@H](OC)C2)CC(=O)[C@H](C)/C=C(\C)[C@@H](O)[C@@H](OC)C(=O)[C@H](C)C[C@H](C)/C=C/C=CC=C1C. The van der Waals surface area contributed by atoms with E-state index < -0.39 is 102 Å². The molecule has 1 unspecified atom stereocenters. The highest BCUT2D eigenvalue weighted by Crippen LogP contribution is 2.38. The van der Waals surface area contributed by atoms with Crippen molar-refractivity contribution >= 4 is 35.3 Å². The Morgan fingerprint density at radius 1 is 0.851 bits per heavy atom. The van der Waals surface area contributed by atoms with E-state index in [1.807, 2.05) is 51.2 Å². The number of cyclic esters (lactones) is 1. The summed E-state index contributed by atoms with van der Waals surface area (Å²) in [5, 5.41) is 42.4. The van der Waals surface area contributed by atoms with Crippen molar-refractivity contribution in [2.24, 2.45) is 35.5 Å². The second-order valence-electron chi connectivity index (χ2n) is 21.4. The number of allylic oxidation sites excluding steroid dienone is 6. The van der Waals surface area contributed by atoms with Crippen LogP contribution in [0, 0.1) is 35.5 Å². The van der Waals surface area contributed by atoms with E-state index in [9.17, 15) is 49.2 Å². The minimum atomic E-state index is -2.47. The van der Waals surface area contributed by atoms with Crippen molar-refractivity contribution in [3.63, 3.8) is 0 Å². The number of amides is 2. The van der Waals surface area contributed by atoms with Crippen LogP contribution in [0.2, 0.25) is 0 Å². The fourth-order valence-electron chi connectivity index (χ4n) is 11.0. The summed E-state index contributed by atoms with van der Waals surface area (Å²) in [4.78, 5) is 86.7. The van der Waals surface area contributed by atoms with Gasteiger partial charge < -0.3 is 58.6 Å². The van der Waals surface area contributed by atoms with Crippen molar-refractivity contribution in [2.45, 2.75) is 180 Å². The predicted molar refractivity (Wildman–Crippen MR) is 275 cm³/mol. The van der Waals surface area contributed by atoms with E-state index in [0.717, 1.165) is 10.5 Å². The van der Waals surface area contributed by atoms with Crippen LogP contribution in [-0.4, -0.2) is 174 Å². The average molecular weight is 1050 g/mol. The first-order valence-corrected chi connectivity index (χ1v) is 26.8. The van der Waals surface area contributed by atoms with Crippen LogP contribution in [0.3, 0.4) is 0 Å². The van der Waals surface area contributed by atoms with Crippen LogP contribution in [0.5, 0.6) is 0 Å². The standard InChI is InChI=1S/C56H88N2O16/c1-34-16-12-11-13-17-35(2)46(69-8)32-42-21-19-40(7)56(68,74-42)52(64)53(65)58-23-15-14-18-43(58)54(66)72-47(33-44(61)36(3)29-39(6)50(63)51(71-10)49(62)38(5)28-34)37(4)30-41-20-22-45(48(31-41)70-9)73-55(67)57(24-26-59)25-27-60/h11-13,16-17,29,34,36-38,40-43,45-48,50-51,59-60,63,68H,14-15,18-28,30-33H2,1-10H3/b13-11?,16-12+,35-17?,39-29+/t34-,36-,37?,38-,40-,41+,42+,43+,45-,46+,47+,48-,50-,51+,56-/m1/s1. The number of aliphatic hydroxyl groups is 4. The summed E-state index contributed by atoms with van der Waals surface area (Å²) >= 11 is 0. The summed E-state index contributed by atoms with van der Waals surface area (Å²) in [5.74, 6) is -8.58. The van der Waals surface area contributed by atoms with Gasteiger partial charge in [0, 0.05) is 71.6 Å². The second kappa shape index (κ2) is 30.0. The molecule has 0 spiro atoms. The molecule has 18 heteroatoms. The number of aliphatic hydroxyl groups excluding tert-OH is 3. The van der Waals surface area contributed by atoms with Gasteiger partial charge in [-0.15, -0.1) is 0 Å². The monoisotopic (exact) mass is 1040 g/mol. The normalized spacial score (nSPS) is 35.7. The molecule has 0 aromatic rings. The zero-order chi connectivity index (χ0) is 54.9. The number of ether oxygens (including phenoxy) is 6. The lowest BCUT2D eigenvalue weighted by Crippen LogP contribution is -2.61. The molecule has 0 aromatic carbocycles. The maximum absolute atomic E-state index is 14.6. The Hall–Kier alpha value is -4.14. The molecule has 2 saturated heterocycles. The highest BCUT2D eigenvalue weighted by molar-refractivity contribution is 6.39. The molecule has 1 aliphatic carbocycles. The first kappa shape index (κ1) is 62.4. The van der Waals surface area contributed by atoms with Gasteiger partial charge in [0.15, 0.2) is 5.78 Å². The lowest BCUT2D eigenvalue weighted by molar-refractivity contribution is -0.265. The molecule has 1 saturated carbocycles. The van der Waals surface area contributed by atoms with Gasteiger partial charge in [-0.05, 0) is 107 Å². The van der Waals surface area contributed by atoms with Gasteiger partial charge in [0.05, 0.1) is 31.5 Å². The Labute approximate surface area is 438 Å². The molecule has 4 aliphatic rings. The Kier molecular flexibility index (Phi) is 25.3. The van der Waals surface area contributed by atoms with E-state index in [0.29, 0.717) is 69.8 Å². The number of rotatable bonds is 11. The van der Waals surface area contributed by atoms with E-state index in [1.165, 1.54) is 19.1 Å². The Bertz CT molecular complexity index is 2000. The maximum Gasteiger partial charge on any atom is 0.410 e. The minimum absolute atomic E-state index is 0.00648. The van der Waals surface area contributed by atoms with Gasteiger partial charge in [0.25, 0.3) is 11.7 Å². The third kappa shape index (κ3) is 16.9. The molecule has 15 atom stereocenters. The molecular weight excluding hydrogens is 957 g/mol. The number of piperidine rings is 1. The van der Waals surface area contributed by atoms with Crippen LogP contribution < -0.4 is 0 Å². The number of hydrogen-bond acceptors (Lipinski definition) is 16. The largest absolute Gasteiger partial charge is 0.460 e. The summed E-state index contributed by atoms with van der Waals surface area (Å²) in [6, 6.07) is -1.20. The lowest BCUT2D eigenvalue weighted by atomic mass is 9.78. The third-order valence-electron chi connectivity index (χ3n) is 15.7. The van der Waals surface area contributed by atoms with Gasteiger partial charge in [-0.2, -0.15) is 0 Å². The van der Waals surface area contributed by atoms with Gasteiger partial charge in [0.2, 0.25) is 5.79 Å². The molecule has 4 N–H and O–H groups in total. The van der Waals surface area contributed by atoms with Gasteiger partial charge in [-0.25, -0.2) is 9.59 Å². The first-order valence-electron chi connectivity index (χ1n) is 26.8. The Morgan fingerprint density at radius 3 is 2.20 bits per heavy atom. The van der Waals surface area contributed by atoms with Crippen LogP contribution in [-0.2, 0) is 52.4 Å². The van der Waals surface area contributed by atoms with Crippen LogP contribution in [0.1, 0.15) is 126 Å². The quantitative estimate of drug-likeness (QED) is 0.112. The molecule has 0 radical (unpaired) electrons. The van der Waals surface area contributed by atoms with E-state index in [-0.39, 0.29) is 69.1 Å². The van der Waals surface area contributed by atoms with E-state index in [1.54, 1.807) is 40.9 Å². The Balaban J connectivity index is 1.68. The number of ketones is 3. The Morgan fingerprint density at radius 2 is 1.55 bits per heavy atom. The molecule has 3 heterocycles. The molecule has 4 rings (SSSR count). The van der Waals surface area contributed by atoms with Gasteiger partial charge >= 0.3 is 12.1 Å². The average Bonchev–Trinajstić information content (AvgIpc) is 3.37. The number of carbonyl (C=O) groups is 6. The molecule has 0 aromatic heterocycles. The highest BCUT2D eigenvalue weighted by Gasteiger charge is 2.53. The second-order valence-corrected chi connectivity index (χ2v) is 21.4. The van der Waals surface area contributed by atoms with Crippen molar-refractivity contribution in [1.82, 2.24) is 9.80 Å². The summed E-state index contributed by atoms with van der Waals surface area (Å²) in [6.45, 7) is 11.9. The number of hydrogen-bond donors (Lipinski definition) is 4. The number of nitrogens with zero attached hydrogens (tertiary/aromatic N) is 2. The first-order chi connectivity index (χ1) is 35.1. The van der Waals surface area contributed by atoms with Crippen LogP contribution in [0.25, 0.3) is 0 Å². The summed E-state index contributed by atoms with van der Waals surface area (Å²) < 4.78 is 35.5. The molecular formula is C56H88N2O16. The predicted octanol–water partition coefficient (Wildman–Crippen LogP) is 5.61. The third-order valence-corrected chi connectivity index (χ3v) is 15.7. The van der Waals surface area contributed by atoms with Crippen molar-refractivity contribution in [3.8, 4) is 0 Å². The fourth-order valence-corrected chi connectivity index (χ4v) is 11.0. The van der Waals surface area contributed by atoms with E-state index in [2.05, 4.69) is 0 Å². The van der Waals surface area contributed by atoms with Gasteiger partial charge in [0.1, 0.15) is 36.2 Å². The fraction of sp³-hybridized carbons (Fsp3) is 0.750. The molecule has 18 nitrogen and oxygen atoms in total. The molecule has 418 valence electrons. The van der Waals surface area contributed by atoms with E-state index in [4.69, 9.17) is 28.4 Å². The lowest BCUT2D eigenvalue weighted by Gasteiger charge is -2.42. The molecule has 74 heavy (non-hydrogen) atoms. The van der Waals surface area contributed by atoms with Crippen molar-refractivity contribution in [2.75, 3.05) is 54.2 Å². The van der Waals surface area contributed by atoms with Crippen LogP contribution >= 0.6 is 0 Å². The topological polar surface area (TPSA) is 245 Å². The van der Waals surface area contributed by atoms with Gasteiger partial charge in [-0.1, -0.05) is 71.1 Å².